The van der Waals surface area contributed by atoms with E-state index in [2.05, 4.69) is 33.8 Å². The number of hydrogen-bond acceptors (Lipinski definition) is 4. The minimum atomic E-state index is -0.746. The van der Waals surface area contributed by atoms with Crippen molar-refractivity contribution in [1.82, 2.24) is 14.9 Å². The van der Waals surface area contributed by atoms with Crippen LogP contribution in [0, 0.1) is 23.5 Å². The first-order valence-corrected chi connectivity index (χ1v) is 11.0. The zero-order chi connectivity index (χ0) is 22.5. The lowest BCUT2D eigenvalue weighted by Crippen LogP contribution is -2.35. The minimum Gasteiger partial charge on any atom is -0.362 e. The highest BCUT2D eigenvalue weighted by Crippen LogP contribution is 2.32. The van der Waals surface area contributed by atoms with E-state index in [0.717, 1.165) is 32.4 Å². The van der Waals surface area contributed by atoms with Gasteiger partial charge < -0.3 is 20.4 Å². The van der Waals surface area contributed by atoms with Gasteiger partial charge in [0.2, 0.25) is 0 Å². The number of fused-ring (bicyclic) bond motifs is 1. The Hall–Kier alpha value is -2.79. The van der Waals surface area contributed by atoms with Crippen molar-refractivity contribution < 1.29 is 13.5 Å². The molecule has 168 valence electrons. The number of rotatable bonds is 6. The van der Waals surface area contributed by atoms with Crippen LogP contribution in [0.3, 0.4) is 0 Å². The van der Waals surface area contributed by atoms with Gasteiger partial charge in [-0.25, -0.2) is 13.8 Å². The van der Waals surface area contributed by atoms with Crippen molar-refractivity contribution in [3.63, 3.8) is 0 Å². The number of aromatic nitrogens is 2. The molecule has 0 aliphatic carbocycles. The average Bonchev–Trinajstić information content (AvgIpc) is 3.20. The van der Waals surface area contributed by atoms with Crippen LogP contribution < -0.4 is 5.73 Å². The number of hydrogen-bond donors (Lipinski definition) is 2. The summed E-state index contributed by atoms with van der Waals surface area (Å²) >= 11 is 0. The van der Waals surface area contributed by atoms with Crippen LogP contribution in [-0.4, -0.2) is 47.7 Å². The number of aromatic amines is 1. The second-order valence-corrected chi connectivity index (χ2v) is 8.23. The zero-order valence-corrected chi connectivity index (χ0v) is 18.2. The summed E-state index contributed by atoms with van der Waals surface area (Å²) in [5.41, 5.74) is 7.76. The summed E-state index contributed by atoms with van der Waals surface area (Å²) in [6.45, 7) is 2.41. The third-order valence-corrected chi connectivity index (χ3v) is 5.72. The van der Waals surface area contributed by atoms with Crippen molar-refractivity contribution in [3.8, 4) is 11.8 Å². The standard InChI is InChI=1S/C25H28F2N4O/c1-31-13-10-19(11-14-31)32-24(25-29-22-9-7-18(26)16-23(22)30-25)20-15-17(6-8-21(20)27)5-3-2-4-12-28/h6-9,15-16,19,24H,2,4,10-14,28H2,1H3,(H,29,30). The van der Waals surface area contributed by atoms with Gasteiger partial charge in [0.25, 0.3) is 0 Å². The molecule has 0 radical (unpaired) electrons. The molecule has 1 aliphatic heterocycles. The molecule has 1 aromatic heterocycles. The van der Waals surface area contributed by atoms with Crippen LogP contribution in [0.25, 0.3) is 11.0 Å². The Morgan fingerprint density at radius 2 is 2.03 bits per heavy atom. The van der Waals surface area contributed by atoms with E-state index < -0.39 is 6.10 Å². The molecular formula is C25H28F2N4O. The van der Waals surface area contributed by atoms with E-state index in [4.69, 9.17) is 10.5 Å². The molecule has 2 aromatic carbocycles. The minimum absolute atomic E-state index is 0.0279. The van der Waals surface area contributed by atoms with Gasteiger partial charge in [-0.15, -0.1) is 0 Å². The van der Waals surface area contributed by atoms with Gasteiger partial charge in [0.1, 0.15) is 23.6 Å². The van der Waals surface area contributed by atoms with Crippen molar-refractivity contribution in [2.24, 2.45) is 5.73 Å². The summed E-state index contributed by atoms with van der Waals surface area (Å²) < 4.78 is 35.2. The normalized spacial score (nSPS) is 16.1. The average molecular weight is 439 g/mol. The highest BCUT2D eigenvalue weighted by atomic mass is 19.1. The number of likely N-dealkylation sites (tertiary alicyclic amines) is 1. The summed E-state index contributed by atoms with van der Waals surface area (Å²) in [6.07, 6.45) is 2.43. The van der Waals surface area contributed by atoms with E-state index in [9.17, 15) is 4.39 Å². The number of piperidine rings is 1. The second kappa shape index (κ2) is 10.2. The predicted octanol–water partition coefficient (Wildman–Crippen LogP) is 4.13. The van der Waals surface area contributed by atoms with Crippen LogP contribution in [0.5, 0.6) is 0 Å². The number of ether oxygens (including phenoxy) is 1. The molecule has 0 bridgehead atoms. The quantitative estimate of drug-likeness (QED) is 0.449. The third kappa shape index (κ3) is 5.33. The van der Waals surface area contributed by atoms with E-state index in [1.807, 2.05) is 0 Å². The fraction of sp³-hybridized carbons (Fsp3) is 0.400. The molecule has 0 amide bonds. The Labute approximate surface area is 187 Å². The summed E-state index contributed by atoms with van der Waals surface area (Å²) in [5.74, 6) is 5.87. The summed E-state index contributed by atoms with van der Waals surface area (Å²) in [7, 11) is 2.08. The second-order valence-electron chi connectivity index (χ2n) is 8.23. The molecule has 2 heterocycles. The SMILES string of the molecule is CN1CCC(OC(c2nc3ccc(F)cc3[nH]2)c2cc(C#CCCCN)ccc2F)CC1. The van der Waals surface area contributed by atoms with Crippen LogP contribution in [0.4, 0.5) is 8.78 Å². The van der Waals surface area contributed by atoms with Crippen molar-refractivity contribution in [3.05, 3.63) is 65.0 Å². The molecule has 1 saturated heterocycles. The van der Waals surface area contributed by atoms with E-state index in [-0.39, 0.29) is 17.7 Å². The highest BCUT2D eigenvalue weighted by molar-refractivity contribution is 5.75. The van der Waals surface area contributed by atoms with Crippen molar-refractivity contribution in [1.29, 1.82) is 0 Å². The number of imidazole rings is 1. The van der Waals surface area contributed by atoms with Crippen LogP contribution in [-0.2, 0) is 4.74 Å². The Balaban J connectivity index is 1.70. The first-order chi connectivity index (χ1) is 15.5. The summed E-state index contributed by atoms with van der Waals surface area (Å²) in [6, 6.07) is 9.14. The van der Waals surface area contributed by atoms with Gasteiger partial charge in [0.05, 0.1) is 17.1 Å². The maximum absolute atomic E-state index is 15.0. The lowest BCUT2D eigenvalue weighted by molar-refractivity contribution is -0.0276. The number of nitrogens with one attached hydrogen (secondary N) is 1. The first kappa shape index (κ1) is 22.4. The third-order valence-electron chi connectivity index (χ3n) is 5.72. The number of halogens is 2. The molecule has 1 aliphatic rings. The number of benzene rings is 2. The molecule has 0 spiro atoms. The van der Waals surface area contributed by atoms with Crippen molar-refractivity contribution in [2.45, 2.75) is 37.9 Å². The van der Waals surface area contributed by atoms with E-state index in [0.29, 0.717) is 41.0 Å². The lowest BCUT2D eigenvalue weighted by Gasteiger charge is -2.31. The smallest absolute Gasteiger partial charge is 0.143 e. The number of H-pyrrole nitrogens is 1. The molecule has 7 heteroatoms. The zero-order valence-electron chi connectivity index (χ0n) is 18.2. The van der Waals surface area contributed by atoms with Crippen LogP contribution in [0.1, 0.15) is 48.7 Å². The molecule has 1 atom stereocenters. The predicted molar refractivity (Wildman–Crippen MR) is 121 cm³/mol. The van der Waals surface area contributed by atoms with Gasteiger partial charge in [-0.3, -0.25) is 0 Å². The molecule has 0 saturated carbocycles. The van der Waals surface area contributed by atoms with Gasteiger partial charge in [0, 0.05) is 30.6 Å². The van der Waals surface area contributed by atoms with Gasteiger partial charge in [-0.1, -0.05) is 11.8 Å². The molecule has 32 heavy (non-hydrogen) atoms. The molecule has 1 fully saturated rings. The first-order valence-electron chi connectivity index (χ1n) is 11.0. The van der Waals surface area contributed by atoms with Gasteiger partial charge in [0.15, 0.2) is 0 Å². The molecular weight excluding hydrogens is 410 g/mol. The number of nitrogens with two attached hydrogens (primary N) is 1. The Morgan fingerprint density at radius 1 is 1.22 bits per heavy atom. The molecule has 4 rings (SSSR count). The highest BCUT2D eigenvalue weighted by Gasteiger charge is 2.28. The van der Waals surface area contributed by atoms with Crippen LogP contribution >= 0.6 is 0 Å². The molecule has 3 N–H and O–H groups in total. The van der Waals surface area contributed by atoms with E-state index in [1.165, 1.54) is 18.2 Å². The Bertz CT molecular complexity index is 1130. The molecule has 5 nitrogen and oxygen atoms in total. The fourth-order valence-corrected chi connectivity index (χ4v) is 3.90. The van der Waals surface area contributed by atoms with Gasteiger partial charge in [-0.05, 0) is 69.3 Å². The van der Waals surface area contributed by atoms with Crippen molar-refractivity contribution >= 4 is 11.0 Å². The topological polar surface area (TPSA) is 67.2 Å². The maximum Gasteiger partial charge on any atom is 0.143 e. The Kier molecular flexibility index (Phi) is 7.15. The van der Waals surface area contributed by atoms with E-state index >= 15 is 4.39 Å². The maximum atomic E-state index is 15.0. The Morgan fingerprint density at radius 3 is 2.81 bits per heavy atom. The van der Waals surface area contributed by atoms with Crippen LogP contribution in [0.2, 0.25) is 0 Å². The number of unbranched alkanes of at least 4 members (excludes halogenated alkanes) is 1. The van der Waals surface area contributed by atoms with Gasteiger partial charge in [-0.2, -0.15) is 0 Å². The summed E-state index contributed by atoms with van der Waals surface area (Å²) in [5, 5.41) is 0. The largest absolute Gasteiger partial charge is 0.362 e. The van der Waals surface area contributed by atoms with Gasteiger partial charge >= 0.3 is 0 Å². The van der Waals surface area contributed by atoms with Crippen LogP contribution in [0.15, 0.2) is 36.4 Å². The summed E-state index contributed by atoms with van der Waals surface area (Å²) in [4.78, 5) is 9.98. The number of nitrogens with zero attached hydrogens (tertiary/aromatic N) is 2. The fourth-order valence-electron chi connectivity index (χ4n) is 3.90. The lowest BCUT2D eigenvalue weighted by atomic mass is 10.0. The monoisotopic (exact) mass is 438 g/mol. The molecule has 3 aromatic rings. The molecule has 1 unspecified atom stereocenters. The van der Waals surface area contributed by atoms with Crippen molar-refractivity contribution in [2.75, 3.05) is 26.7 Å². The van der Waals surface area contributed by atoms with E-state index in [1.54, 1.807) is 18.2 Å².